The standard InChI is InChI=1S/C16H29NO6/c1-6-7-21-12-8-11(2)22-14(18)13(10-20-9-12)17-15(19)23-16(3,4)5/h11-13H,6-10H2,1-5H3,(H,17,19)/t11?,12?,13-/m0/s1. The summed E-state index contributed by atoms with van der Waals surface area (Å²) in [6.45, 7) is 10.1. The van der Waals surface area contributed by atoms with Crippen molar-refractivity contribution in [3.63, 3.8) is 0 Å². The Bertz CT molecular complexity index is 393. The van der Waals surface area contributed by atoms with Crippen LogP contribution in [0, 0.1) is 0 Å². The summed E-state index contributed by atoms with van der Waals surface area (Å²) in [5.74, 6) is -0.528. The van der Waals surface area contributed by atoms with Crippen molar-refractivity contribution in [2.45, 2.75) is 71.3 Å². The van der Waals surface area contributed by atoms with Crippen LogP contribution in [0.1, 0.15) is 47.5 Å². The van der Waals surface area contributed by atoms with E-state index in [1.165, 1.54) is 0 Å². The van der Waals surface area contributed by atoms with Crippen LogP contribution in [0.25, 0.3) is 0 Å². The predicted octanol–water partition coefficient (Wildman–Crippen LogP) is 2.03. The number of ether oxygens (including phenoxy) is 4. The number of carbonyl (C=O) groups excluding carboxylic acids is 2. The minimum Gasteiger partial charge on any atom is -0.461 e. The van der Waals surface area contributed by atoms with Crippen LogP contribution in [0.3, 0.4) is 0 Å². The van der Waals surface area contributed by atoms with E-state index in [4.69, 9.17) is 18.9 Å². The first kappa shape index (κ1) is 19.7. The van der Waals surface area contributed by atoms with Crippen molar-refractivity contribution in [1.82, 2.24) is 5.32 Å². The van der Waals surface area contributed by atoms with Crippen molar-refractivity contribution in [3.05, 3.63) is 0 Å². The van der Waals surface area contributed by atoms with Crippen LogP contribution in [0.4, 0.5) is 4.79 Å². The van der Waals surface area contributed by atoms with Gasteiger partial charge in [-0.1, -0.05) is 6.92 Å². The second kappa shape index (κ2) is 9.08. The van der Waals surface area contributed by atoms with Gasteiger partial charge in [-0.3, -0.25) is 0 Å². The molecule has 1 aliphatic heterocycles. The highest BCUT2D eigenvalue weighted by Gasteiger charge is 2.29. The van der Waals surface area contributed by atoms with E-state index in [-0.39, 0.29) is 18.8 Å². The van der Waals surface area contributed by atoms with Crippen LogP contribution in [0.5, 0.6) is 0 Å². The number of carbonyl (C=O) groups is 2. The molecular weight excluding hydrogens is 302 g/mol. The Kier molecular flexibility index (Phi) is 7.78. The van der Waals surface area contributed by atoms with E-state index >= 15 is 0 Å². The van der Waals surface area contributed by atoms with Gasteiger partial charge in [-0.05, 0) is 34.1 Å². The molecule has 3 atom stereocenters. The van der Waals surface area contributed by atoms with Gasteiger partial charge in [-0.2, -0.15) is 0 Å². The van der Waals surface area contributed by atoms with Crippen LogP contribution >= 0.6 is 0 Å². The zero-order valence-corrected chi connectivity index (χ0v) is 14.7. The average molecular weight is 331 g/mol. The van der Waals surface area contributed by atoms with Gasteiger partial charge in [0.15, 0.2) is 6.04 Å². The zero-order chi connectivity index (χ0) is 17.5. The van der Waals surface area contributed by atoms with E-state index in [2.05, 4.69) is 5.32 Å². The van der Waals surface area contributed by atoms with E-state index in [9.17, 15) is 9.59 Å². The largest absolute Gasteiger partial charge is 0.461 e. The number of esters is 1. The Morgan fingerprint density at radius 1 is 1.35 bits per heavy atom. The molecule has 0 aromatic rings. The Hall–Kier alpha value is -1.34. The first-order valence-corrected chi connectivity index (χ1v) is 8.10. The number of hydrogen-bond acceptors (Lipinski definition) is 6. The molecule has 134 valence electrons. The lowest BCUT2D eigenvalue weighted by Crippen LogP contribution is -2.47. The zero-order valence-electron chi connectivity index (χ0n) is 14.7. The van der Waals surface area contributed by atoms with Crippen LogP contribution in [0.2, 0.25) is 0 Å². The number of nitrogens with one attached hydrogen (secondary N) is 1. The third-order valence-electron chi connectivity index (χ3n) is 3.03. The molecule has 0 saturated carbocycles. The molecule has 1 heterocycles. The van der Waals surface area contributed by atoms with Crippen LogP contribution in [-0.2, 0) is 23.7 Å². The fourth-order valence-corrected chi connectivity index (χ4v) is 2.10. The van der Waals surface area contributed by atoms with E-state index in [0.29, 0.717) is 19.6 Å². The molecule has 1 saturated heterocycles. The van der Waals surface area contributed by atoms with Gasteiger partial charge in [0.05, 0.1) is 19.3 Å². The van der Waals surface area contributed by atoms with Crippen molar-refractivity contribution in [2.75, 3.05) is 19.8 Å². The molecule has 1 amide bonds. The molecule has 0 radical (unpaired) electrons. The number of amides is 1. The summed E-state index contributed by atoms with van der Waals surface area (Å²) in [7, 11) is 0. The van der Waals surface area contributed by atoms with E-state index < -0.39 is 23.7 Å². The normalized spacial score (nSPS) is 26.5. The monoisotopic (exact) mass is 331 g/mol. The highest BCUT2D eigenvalue weighted by Crippen LogP contribution is 2.12. The van der Waals surface area contributed by atoms with Crippen LogP contribution in [-0.4, -0.2) is 55.7 Å². The number of cyclic esters (lactones) is 1. The maximum atomic E-state index is 12.1. The minimum atomic E-state index is -0.891. The Balaban J connectivity index is 2.61. The molecule has 0 aliphatic carbocycles. The molecule has 0 spiro atoms. The molecule has 7 heteroatoms. The molecule has 23 heavy (non-hydrogen) atoms. The van der Waals surface area contributed by atoms with Gasteiger partial charge in [-0.15, -0.1) is 0 Å². The van der Waals surface area contributed by atoms with Crippen molar-refractivity contribution in [1.29, 1.82) is 0 Å². The van der Waals surface area contributed by atoms with Crippen molar-refractivity contribution >= 4 is 12.1 Å². The van der Waals surface area contributed by atoms with Gasteiger partial charge in [0.1, 0.15) is 11.7 Å². The smallest absolute Gasteiger partial charge is 0.408 e. The Morgan fingerprint density at radius 3 is 2.65 bits per heavy atom. The fraction of sp³-hybridized carbons (Fsp3) is 0.875. The molecule has 7 nitrogen and oxygen atoms in total. The Morgan fingerprint density at radius 2 is 2.04 bits per heavy atom. The number of alkyl carbamates (subject to hydrolysis) is 1. The topological polar surface area (TPSA) is 83.1 Å². The van der Waals surface area contributed by atoms with Crippen LogP contribution in [0.15, 0.2) is 0 Å². The van der Waals surface area contributed by atoms with E-state index in [0.717, 1.165) is 6.42 Å². The van der Waals surface area contributed by atoms with Gasteiger partial charge >= 0.3 is 12.1 Å². The van der Waals surface area contributed by atoms with E-state index in [1.807, 2.05) is 6.92 Å². The third-order valence-corrected chi connectivity index (χ3v) is 3.03. The van der Waals surface area contributed by atoms with Gasteiger partial charge < -0.3 is 24.3 Å². The summed E-state index contributed by atoms with van der Waals surface area (Å²) >= 11 is 0. The lowest BCUT2D eigenvalue weighted by molar-refractivity contribution is -0.152. The molecule has 1 aliphatic rings. The molecule has 1 N–H and O–H groups in total. The summed E-state index contributed by atoms with van der Waals surface area (Å²) in [5, 5.41) is 2.50. The van der Waals surface area contributed by atoms with Crippen molar-refractivity contribution < 1.29 is 28.5 Å². The van der Waals surface area contributed by atoms with E-state index in [1.54, 1.807) is 27.7 Å². The summed E-state index contributed by atoms with van der Waals surface area (Å²) in [4.78, 5) is 24.0. The maximum Gasteiger partial charge on any atom is 0.408 e. The quantitative estimate of drug-likeness (QED) is 0.794. The number of hydrogen-bond donors (Lipinski definition) is 1. The number of rotatable bonds is 4. The molecular formula is C16H29NO6. The van der Waals surface area contributed by atoms with Gasteiger partial charge in [0, 0.05) is 13.0 Å². The fourth-order valence-electron chi connectivity index (χ4n) is 2.10. The summed E-state index contributed by atoms with van der Waals surface area (Å²) < 4.78 is 21.7. The molecule has 0 aromatic carbocycles. The summed E-state index contributed by atoms with van der Waals surface area (Å²) in [5.41, 5.74) is -0.639. The van der Waals surface area contributed by atoms with Crippen LogP contribution < -0.4 is 5.32 Å². The summed E-state index contributed by atoms with van der Waals surface area (Å²) in [6, 6.07) is -0.891. The van der Waals surface area contributed by atoms with Gasteiger partial charge in [0.25, 0.3) is 0 Å². The Labute approximate surface area is 138 Å². The third kappa shape index (κ3) is 8.18. The minimum absolute atomic E-state index is 0.0246. The highest BCUT2D eigenvalue weighted by atomic mass is 16.6. The molecule has 1 rings (SSSR count). The second-order valence-corrected chi connectivity index (χ2v) is 6.71. The molecule has 2 unspecified atom stereocenters. The maximum absolute atomic E-state index is 12.1. The SMILES string of the molecule is CCCOC1COC[C@H](NC(=O)OC(C)(C)C)C(=O)OC(C)C1. The lowest BCUT2D eigenvalue weighted by Gasteiger charge is -2.23. The van der Waals surface area contributed by atoms with Crippen molar-refractivity contribution in [2.24, 2.45) is 0 Å². The van der Waals surface area contributed by atoms with Crippen molar-refractivity contribution in [3.8, 4) is 0 Å². The first-order chi connectivity index (χ1) is 10.7. The first-order valence-electron chi connectivity index (χ1n) is 8.10. The molecule has 0 bridgehead atoms. The summed E-state index contributed by atoms with van der Waals surface area (Å²) in [6.07, 6.45) is 0.360. The highest BCUT2D eigenvalue weighted by molar-refractivity contribution is 5.81. The average Bonchev–Trinajstić information content (AvgIpc) is 2.46. The van der Waals surface area contributed by atoms with Gasteiger partial charge in [-0.25, -0.2) is 9.59 Å². The second-order valence-electron chi connectivity index (χ2n) is 6.71. The molecule has 0 aromatic heterocycles. The lowest BCUT2D eigenvalue weighted by atomic mass is 10.2. The predicted molar refractivity (Wildman–Crippen MR) is 84.2 cm³/mol. The van der Waals surface area contributed by atoms with Gasteiger partial charge in [0.2, 0.25) is 0 Å². The molecule has 1 fully saturated rings.